The summed E-state index contributed by atoms with van der Waals surface area (Å²) in [5.74, 6) is -0.371. The van der Waals surface area contributed by atoms with Gasteiger partial charge in [-0.1, -0.05) is 18.2 Å². The lowest BCUT2D eigenvalue weighted by atomic mass is 10.1. The molecule has 7 nitrogen and oxygen atoms in total. The van der Waals surface area contributed by atoms with Crippen LogP contribution in [0.3, 0.4) is 0 Å². The number of nitrogens with one attached hydrogen (secondary N) is 2. The molecule has 7 heteroatoms. The highest BCUT2D eigenvalue weighted by Crippen LogP contribution is 2.11. The molecule has 0 aliphatic heterocycles. The summed E-state index contributed by atoms with van der Waals surface area (Å²) in [5.41, 5.74) is 3.35. The molecule has 3 rings (SSSR count). The molecular formula is C21H19N5O2. The van der Waals surface area contributed by atoms with E-state index in [1.54, 1.807) is 35.1 Å². The van der Waals surface area contributed by atoms with Crippen LogP contribution in [-0.2, 0) is 11.2 Å². The maximum absolute atomic E-state index is 12.3. The van der Waals surface area contributed by atoms with Crippen molar-refractivity contribution in [3.05, 3.63) is 77.6 Å². The zero-order valence-electron chi connectivity index (χ0n) is 15.3. The third-order valence-electron chi connectivity index (χ3n) is 4.04. The number of aromatic nitrogens is 2. The standard InChI is InChI=1S/C21H19N5O2/c1-15(27)24-18-7-5-16(6-8-18)9-11-23-21(28)20-10-12-26(25-20)19-4-2-3-17(13-19)14-22/h2-8,10,12-13H,9,11H2,1H3,(H,23,28)(H,24,27). The molecule has 2 N–H and O–H groups in total. The summed E-state index contributed by atoms with van der Waals surface area (Å²) in [6.07, 6.45) is 2.35. The van der Waals surface area contributed by atoms with Gasteiger partial charge in [-0.15, -0.1) is 0 Å². The first-order valence-electron chi connectivity index (χ1n) is 8.76. The molecule has 0 saturated carbocycles. The van der Waals surface area contributed by atoms with Gasteiger partial charge in [0, 0.05) is 25.4 Å². The number of rotatable bonds is 6. The fourth-order valence-electron chi connectivity index (χ4n) is 2.68. The highest BCUT2D eigenvalue weighted by Gasteiger charge is 2.10. The normalized spacial score (nSPS) is 10.1. The molecule has 140 valence electrons. The van der Waals surface area contributed by atoms with E-state index in [2.05, 4.69) is 21.8 Å². The van der Waals surface area contributed by atoms with Gasteiger partial charge in [-0.3, -0.25) is 9.59 Å². The van der Waals surface area contributed by atoms with E-state index >= 15 is 0 Å². The van der Waals surface area contributed by atoms with Gasteiger partial charge in [0.25, 0.3) is 5.91 Å². The van der Waals surface area contributed by atoms with Gasteiger partial charge in [-0.25, -0.2) is 4.68 Å². The summed E-state index contributed by atoms with van der Waals surface area (Å²) in [6, 6.07) is 18.2. The summed E-state index contributed by atoms with van der Waals surface area (Å²) in [5, 5.41) is 18.8. The highest BCUT2D eigenvalue weighted by atomic mass is 16.2. The van der Waals surface area contributed by atoms with E-state index in [-0.39, 0.29) is 11.8 Å². The fourth-order valence-corrected chi connectivity index (χ4v) is 2.68. The average Bonchev–Trinajstić information content (AvgIpc) is 3.19. The molecule has 0 fully saturated rings. The smallest absolute Gasteiger partial charge is 0.271 e. The summed E-state index contributed by atoms with van der Waals surface area (Å²) < 4.78 is 1.57. The van der Waals surface area contributed by atoms with Gasteiger partial charge < -0.3 is 10.6 Å². The van der Waals surface area contributed by atoms with Gasteiger partial charge in [0.15, 0.2) is 5.69 Å². The minimum Gasteiger partial charge on any atom is -0.350 e. The molecular weight excluding hydrogens is 354 g/mol. The van der Waals surface area contributed by atoms with Crippen molar-refractivity contribution in [2.75, 3.05) is 11.9 Å². The maximum Gasteiger partial charge on any atom is 0.271 e. The second-order valence-corrected chi connectivity index (χ2v) is 6.19. The second kappa shape index (κ2) is 8.64. The molecule has 0 saturated heterocycles. The predicted octanol–water partition coefficient (Wildman–Crippen LogP) is 2.67. The number of carbonyl (C=O) groups is 2. The Labute approximate surface area is 162 Å². The van der Waals surface area contributed by atoms with Crippen LogP contribution in [0.4, 0.5) is 5.69 Å². The van der Waals surface area contributed by atoms with E-state index in [4.69, 9.17) is 5.26 Å². The van der Waals surface area contributed by atoms with E-state index in [0.29, 0.717) is 24.2 Å². The van der Waals surface area contributed by atoms with Crippen molar-refractivity contribution in [1.82, 2.24) is 15.1 Å². The topological polar surface area (TPSA) is 99.8 Å². The number of hydrogen-bond acceptors (Lipinski definition) is 4. The van der Waals surface area contributed by atoms with Gasteiger partial charge in [-0.2, -0.15) is 10.4 Å². The van der Waals surface area contributed by atoms with Crippen molar-refractivity contribution in [2.24, 2.45) is 0 Å². The molecule has 0 radical (unpaired) electrons. The molecule has 0 unspecified atom stereocenters. The second-order valence-electron chi connectivity index (χ2n) is 6.19. The van der Waals surface area contributed by atoms with E-state index in [9.17, 15) is 9.59 Å². The van der Waals surface area contributed by atoms with Crippen molar-refractivity contribution in [3.63, 3.8) is 0 Å². The van der Waals surface area contributed by atoms with Crippen LogP contribution in [0.2, 0.25) is 0 Å². The van der Waals surface area contributed by atoms with Crippen molar-refractivity contribution in [2.45, 2.75) is 13.3 Å². The number of hydrogen-bond donors (Lipinski definition) is 2. The molecule has 1 aromatic heterocycles. The number of nitriles is 1. The molecule has 1 heterocycles. The molecule has 28 heavy (non-hydrogen) atoms. The molecule has 0 atom stereocenters. The minimum atomic E-state index is -0.259. The molecule has 0 aliphatic rings. The van der Waals surface area contributed by atoms with Crippen LogP contribution in [0.5, 0.6) is 0 Å². The molecule has 3 aromatic rings. The Morgan fingerprint density at radius 1 is 1.14 bits per heavy atom. The Morgan fingerprint density at radius 2 is 1.93 bits per heavy atom. The number of benzene rings is 2. The number of nitrogens with zero attached hydrogens (tertiary/aromatic N) is 3. The fraction of sp³-hybridized carbons (Fsp3) is 0.143. The van der Waals surface area contributed by atoms with Crippen molar-refractivity contribution in [1.29, 1.82) is 5.26 Å². The third kappa shape index (κ3) is 4.83. The van der Waals surface area contributed by atoms with Crippen molar-refractivity contribution in [3.8, 4) is 11.8 Å². The maximum atomic E-state index is 12.3. The van der Waals surface area contributed by atoms with Crippen LogP contribution in [0, 0.1) is 11.3 Å². The number of amides is 2. The van der Waals surface area contributed by atoms with Gasteiger partial charge in [-0.05, 0) is 48.4 Å². The van der Waals surface area contributed by atoms with Crippen LogP contribution >= 0.6 is 0 Å². The Kier molecular flexibility index (Phi) is 5.82. The third-order valence-corrected chi connectivity index (χ3v) is 4.04. The quantitative estimate of drug-likeness (QED) is 0.694. The first kappa shape index (κ1) is 18.9. The van der Waals surface area contributed by atoms with Crippen LogP contribution in [0.15, 0.2) is 60.8 Å². The zero-order valence-corrected chi connectivity index (χ0v) is 15.3. The van der Waals surface area contributed by atoms with Crippen molar-refractivity contribution >= 4 is 17.5 Å². The van der Waals surface area contributed by atoms with E-state index in [1.165, 1.54) is 6.92 Å². The average molecular weight is 373 g/mol. The van der Waals surface area contributed by atoms with Crippen LogP contribution in [0.1, 0.15) is 28.5 Å². The van der Waals surface area contributed by atoms with E-state index in [0.717, 1.165) is 16.9 Å². The summed E-state index contributed by atoms with van der Waals surface area (Å²) in [4.78, 5) is 23.3. The monoisotopic (exact) mass is 373 g/mol. The summed E-state index contributed by atoms with van der Waals surface area (Å²) >= 11 is 0. The Balaban J connectivity index is 1.55. The summed E-state index contributed by atoms with van der Waals surface area (Å²) in [7, 11) is 0. The minimum absolute atomic E-state index is 0.112. The molecule has 2 amide bonds. The predicted molar refractivity (Wildman–Crippen MR) is 105 cm³/mol. The first-order valence-corrected chi connectivity index (χ1v) is 8.76. The van der Waals surface area contributed by atoms with Gasteiger partial charge in [0.1, 0.15) is 0 Å². The Morgan fingerprint density at radius 3 is 2.64 bits per heavy atom. The van der Waals surface area contributed by atoms with Gasteiger partial charge in [0.2, 0.25) is 5.91 Å². The molecule has 0 bridgehead atoms. The molecule has 0 spiro atoms. The number of carbonyl (C=O) groups excluding carboxylic acids is 2. The van der Waals surface area contributed by atoms with E-state index < -0.39 is 0 Å². The highest BCUT2D eigenvalue weighted by molar-refractivity contribution is 5.92. The van der Waals surface area contributed by atoms with E-state index in [1.807, 2.05) is 30.3 Å². The lowest BCUT2D eigenvalue weighted by Crippen LogP contribution is -2.26. The lowest BCUT2D eigenvalue weighted by Gasteiger charge is -2.06. The van der Waals surface area contributed by atoms with Gasteiger partial charge in [0.05, 0.1) is 17.3 Å². The SMILES string of the molecule is CC(=O)Nc1ccc(CCNC(=O)c2ccn(-c3cccc(C#N)c3)n2)cc1. The van der Waals surface area contributed by atoms with Crippen molar-refractivity contribution < 1.29 is 9.59 Å². The van der Waals surface area contributed by atoms with Crippen LogP contribution in [-0.4, -0.2) is 28.1 Å². The Bertz CT molecular complexity index is 1030. The number of anilines is 1. The Hall–Kier alpha value is -3.92. The van der Waals surface area contributed by atoms with Gasteiger partial charge >= 0.3 is 0 Å². The molecule has 0 aliphatic carbocycles. The van der Waals surface area contributed by atoms with Crippen LogP contribution in [0.25, 0.3) is 5.69 Å². The molecule has 2 aromatic carbocycles. The van der Waals surface area contributed by atoms with Crippen LogP contribution < -0.4 is 10.6 Å². The lowest BCUT2D eigenvalue weighted by molar-refractivity contribution is -0.114. The summed E-state index contributed by atoms with van der Waals surface area (Å²) in [6.45, 7) is 1.93. The zero-order chi connectivity index (χ0) is 19.9. The first-order chi connectivity index (χ1) is 13.5. The largest absolute Gasteiger partial charge is 0.350 e.